The number of carbonyl (C=O) groups is 2. The number of rotatable bonds is 6. The van der Waals surface area contributed by atoms with Crippen molar-refractivity contribution in [3.8, 4) is 11.5 Å². The number of amides is 2. The lowest BCUT2D eigenvalue weighted by Gasteiger charge is -2.50. The van der Waals surface area contributed by atoms with E-state index in [0.717, 1.165) is 29.9 Å². The Morgan fingerprint density at radius 3 is 2.08 bits per heavy atom. The molecule has 0 spiro atoms. The van der Waals surface area contributed by atoms with Crippen LogP contribution in [0.25, 0.3) is 0 Å². The number of carbonyl (C=O) groups excluding carboxylic acids is 2. The Morgan fingerprint density at radius 1 is 0.868 bits per heavy atom. The third-order valence-corrected chi connectivity index (χ3v) is 15.7. The molecule has 0 unspecified atom stereocenters. The van der Waals surface area contributed by atoms with E-state index in [9.17, 15) is 9.59 Å². The molecule has 5 nitrogen and oxygen atoms in total. The van der Waals surface area contributed by atoms with E-state index >= 15 is 0 Å². The first-order valence-corrected chi connectivity index (χ1v) is 16.5. The zero-order chi connectivity index (χ0) is 27.6. The Kier molecular flexibility index (Phi) is 6.78. The van der Waals surface area contributed by atoms with Crippen molar-refractivity contribution in [2.75, 3.05) is 4.90 Å². The molecule has 2 aliphatic heterocycles. The van der Waals surface area contributed by atoms with E-state index < -0.39 is 13.9 Å². The number of hydrogen-bond acceptors (Lipinski definition) is 4. The lowest BCUT2D eigenvalue weighted by atomic mass is 9.59. The van der Waals surface area contributed by atoms with Crippen molar-refractivity contribution < 1.29 is 18.8 Å². The molecular weight excluding hydrogens is 490 g/mol. The smallest absolute Gasteiger partial charge is 0.258 e. The normalized spacial score (nSPS) is 26.3. The maximum atomic E-state index is 13.8. The van der Waals surface area contributed by atoms with Gasteiger partial charge in [0.25, 0.3) is 8.32 Å². The summed E-state index contributed by atoms with van der Waals surface area (Å²) in [5.41, 5.74) is 2.66. The molecular formula is C32H43NO4Si. The topological polar surface area (TPSA) is 55.8 Å². The molecule has 2 aromatic carbocycles. The summed E-state index contributed by atoms with van der Waals surface area (Å²) in [5, 5.41) is 0. The molecule has 0 bridgehead atoms. The molecule has 4 atom stereocenters. The molecule has 38 heavy (non-hydrogen) atoms. The summed E-state index contributed by atoms with van der Waals surface area (Å²) < 4.78 is 13.7. The average molecular weight is 534 g/mol. The minimum Gasteiger partial charge on any atom is -0.543 e. The molecule has 204 valence electrons. The third kappa shape index (κ3) is 4.02. The fourth-order valence-electron chi connectivity index (χ4n) is 8.22. The van der Waals surface area contributed by atoms with Gasteiger partial charge in [-0.05, 0) is 73.0 Å². The lowest BCUT2D eigenvalue weighted by Crippen LogP contribution is -2.53. The highest BCUT2D eigenvalue weighted by Gasteiger charge is 2.61. The number of ether oxygens (including phenoxy) is 1. The van der Waals surface area contributed by atoms with Gasteiger partial charge in [-0.1, -0.05) is 65.8 Å². The Hall–Kier alpha value is -2.60. The summed E-state index contributed by atoms with van der Waals surface area (Å²) in [7, 11) is -2.10. The summed E-state index contributed by atoms with van der Waals surface area (Å²) >= 11 is 0. The fraction of sp³-hybridized carbons (Fsp3) is 0.562. The standard InChI is InChI=1S/C32H43NO4Si/c1-19(2)38(20(3)4,21(5)6)37-23-14-15-24-25-16-17-26-28(29(25)32(7,8)36-27(24)18-23)31(35)33(30(26)34)22-12-10-9-11-13-22/h9-15,18-21,25-26,28-29H,16-17H2,1-8H3/t25-,26-,28-,29+/m0/s1. The summed E-state index contributed by atoms with van der Waals surface area (Å²) in [6.07, 6.45) is 1.59. The summed E-state index contributed by atoms with van der Waals surface area (Å²) in [4.78, 5) is 28.7. The molecule has 0 aromatic heterocycles. The maximum absolute atomic E-state index is 13.8. The summed E-state index contributed by atoms with van der Waals surface area (Å²) in [6.45, 7) is 18.0. The highest BCUT2D eigenvalue weighted by atomic mass is 28.4. The van der Waals surface area contributed by atoms with Crippen LogP contribution in [-0.2, 0) is 9.59 Å². The van der Waals surface area contributed by atoms with Crippen molar-refractivity contribution in [2.45, 2.75) is 96.4 Å². The zero-order valence-corrected chi connectivity index (χ0v) is 25.2. The van der Waals surface area contributed by atoms with Gasteiger partial charge < -0.3 is 9.16 Å². The largest absolute Gasteiger partial charge is 0.543 e. The zero-order valence-electron chi connectivity index (χ0n) is 24.2. The quantitative estimate of drug-likeness (QED) is 0.282. The third-order valence-electron chi connectivity index (χ3n) is 9.66. The minimum absolute atomic E-state index is 0.0626. The van der Waals surface area contributed by atoms with Gasteiger partial charge in [0, 0.05) is 12.0 Å². The minimum atomic E-state index is -2.10. The maximum Gasteiger partial charge on any atom is 0.258 e. The van der Waals surface area contributed by atoms with Crippen LogP contribution in [-0.4, -0.2) is 25.7 Å². The molecule has 2 heterocycles. The van der Waals surface area contributed by atoms with Crippen molar-refractivity contribution >= 4 is 25.8 Å². The van der Waals surface area contributed by atoms with Crippen LogP contribution in [0.1, 0.15) is 79.7 Å². The van der Waals surface area contributed by atoms with Crippen molar-refractivity contribution in [3.05, 3.63) is 54.1 Å². The van der Waals surface area contributed by atoms with Gasteiger partial charge in [0.15, 0.2) is 0 Å². The molecule has 0 radical (unpaired) electrons. The van der Waals surface area contributed by atoms with Gasteiger partial charge in [-0.15, -0.1) is 0 Å². The number of benzene rings is 2. The van der Waals surface area contributed by atoms with Crippen molar-refractivity contribution in [3.63, 3.8) is 0 Å². The predicted molar refractivity (Wildman–Crippen MR) is 154 cm³/mol. The molecule has 2 fully saturated rings. The average Bonchev–Trinajstić information content (AvgIpc) is 3.11. The van der Waals surface area contributed by atoms with Gasteiger partial charge in [0.2, 0.25) is 11.8 Å². The van der Waals surface area contributed by atoms with E-state index in [1.807, 2.05) is 30.3 Å². The lowest BCUT2D eigenvalue weighted by molar-refractivity contribution is -0.131. The van der Waals surface area contributed by atoms with Gasteiger partial charge in [-0.2, -0.15) is 0 Å². The van der Waals surface area contributed by atoms with E-state index in [-0.39, 0.29) is 35.5 Å². The first kappa shape index (κ1) is 27.0. The molecule has 3 aliphatic rings. The van der Waals surface area contributed by atoms with Gasteiger partial charge in [-0.25, -0.2) is 0 Å². The van der Waals surface area contributed by atoms with Crippen LogP contribution in [0.15, 0.2) is 48.5 Å². The molecule has 5 rings (SSSR count). The highest BCUT2D eigenvalue weighted by Crippen LogP contribution is 2.58. The summed E-state index contributed by atoms with van der Waals surface area (Å²) in [6, 6.07) is 15.7. The van der Waals surface area contributed by atoms with Crippen molar-refractivity contribution in [2.24, 2.45) is 17.8 Å². The van der Waals surface area contributed by atoms with Crippen LogP contribution in [0.3, 0.4) is 0 Å². The molecule has 2 aromatic rings. The van der Waals surface area contributed by atoms with E-state index in [1.54, 1.807) is 0 Å². The van der Waals surface area contributed by atoms with Crippen molar-refractivity contribution in [1.82, 2.24) is 0 Å². The monoisotopic (exact) mass is 533 g/mol. The van der Waals surface area contributed by atoms with Crippen LogP contribution in [0.5, 0.6) is 11.5 Å². The highest BCUT2D eigenvalue weighted by molar-refractivity contribution is 6.78. The van der Waals surface area contributed by atoms with Crippen molar-refractivity contribution in [1.29, 1.82) is 0 Å². The number of imide groups is 1. The first-order chi connectivity index (χ1) is 17.9. The van der Waals surface area contributed by atoms with E-state index in [0.29, 0.717) is 22.3 Å². The molecule has 1 saturated carbocycles. The van der Waals surface area contributed by atoms with E-state index in [4.69, 9.17) is 9.16 Å². The Balaban J connectivity index is 1.50. The molecule has 6 heteroatoms. The Morgan fingerprint density at radius 2 is 1.47 bits per heavy atom. The molecule has 1 aliphatic carbocycles. The molecule has 2 amide bonds. The number of anilines is 1. The van der Waals surface area contributed by atoms with Crippen LogP contribution < -0.4 is 14.1 Å². The molecule has 0 N–H and O–H groups in total. The summed E-state index contributed by atoms with van der Waals surface area (Å²) in [5.74, 6) is 1.05. The van der Waals surface area contributed by atoms with Crippen LogP contribution in [0.2, 0.25) is 16.6 Å². The number of nitrogens with zero attached hydrogens (tertiary/aromatic N) is 1. The predicted octanol–water partition coefficient (Wildman–Crippen LogP) is 7.71. The van der Waals surface area contributed by atoms with Gasteiger partial charge >= 0.3 is 0 Å². The van der Waals surface area contributed by atoms with Crippen LogP contribution in [0, 0.1) is 17.8 Å². The van der Waals surface area contributed by atoms with Crippen LogP contribution >= 0.6 is 0 Å². The van der Waals surface area contributed by atoms with E-state index in [1.165, 1.54) is 4.90 Å². The Bertz CT molecular complexity index is 1200. The number of para-hydroxylation sites is 1. The van der Waals surface area contributed by atoms with Gasteiger partial charge in [0.05, 0.1) is 17.5 Å². The first-order valence-electron chi connectivity index (χ1n) is 14.3. The number of hydrogen-bond donors (Lipinski definition) is 0. The molecule has 1 saturated heterocycles. The van der Waals surface area contributed by atoms with Gasteiger partial charge in [0.1, 0.15) is 17.1 Å². The Labute approximate surface area is 229 Å². The second-order valence-electron chi connectivity index (χ2n) is 13.0. The van der Waals surface area contributed by atoms with Gasteiger partial charge in [-0.3, -0.25) is 14.5 Å². The second kappa shape index (κ2) is 9.55. The van der Waals surface area contributed by atoms with Crippen LogP contribution in [0.4, 0.5) is 5.69 Å². The fourth-order valence-corrected chi connectivity index (χ4v) is 13.5. The van der Waals surface area contributed by atoms with E-state index in [2.05, 4.69) is 73.6 Å². The SMILES string of the molecule is CC(C)[Si](Oc1ccc2c(c1)OC(C)(C)[C@H]1[C@H]3C(=O)N(c4ccccc4)C(=O)[C@H]3CC[C@@H]21)(C(C)C)C(C)C. The second-order valence-corrected chi connectivity index (χ2v) is 18.4. The number of fused-ring (bicyclic) bond motifs is 5.